The molecule has 2 aromatic carbocycles. The first-order valence-corrected chi connectivity index (χ1v) is 9.42. The molecule has 0 amide bonds. The van der Waals surface area contributed by atoms with Gasteiger partial charge in [-0.25, -0.2) is 0 Å². The summed E-state index contributed by atoms with van der Waals surface area (Å²) < 4.78 is 0. The second kappa shape index (κ2) is 8.59. The van der Waals surface area contributed by atoms with Crippen molar-refractivity contribution < 1.29 is 0 Å². The minimum absolute atomic E-state index is 0.646. The molecule has 1 N–H and O–H groups in total. The summed E-state index contributed by atoms with van der Waals surface area (Å²) in [5.74, 6) is 0. The van der Waals surface area contributed by atoms with Crippen LogP contribution in [0.5, 0.6) is 0 Å². The summed E-state index contributed by atoms with van der Waals surface area (Å²) in [6, 6.07) is 22.7. The second-order valence-corrected chi connectivity index (χ2v) is 6.84. The van der Waals surface area contributed by atoms with Crippen LogP contribution < -0.4 is 5.32 Å². The fourth-order valence-corrected chi connectivity index (χ4v) is 3.08. The van der Waals surface area contributed by atoms with Crippen LogP contribution in [0.4, 0.5) is 0 Å². The van der Waals surface area contributed by atoms with Crippen LogP contribution in [0.15, 0.2) is 79.1 Å². The highest BCUT2D eigenvalue weighted by Crippen LogP contribution is 2.20. The molecule has 2 heterocycles. The first-order chi connectivity index (χ1) is 13.8. The van der Waals surface area contributed by atoms with Gasteiger partial charge in [-0.2, -0.15) is 15.0 Å². The maximum Gasteiger partial charge on any atom is 0.117 e. The number of pyridine rings is 1. The van der Waals surface area contributed by atoms with Gasteiger partial charge in [0.2, 0.25) is 0 Å². The predicted octanol–water partition coefficient (Wildman–Crippen LogP) is 3.99. The van der Waals surface area contributed by atoms with E-state index >= 15 is 0 Å². The van der Waals surface area contributed by atoms with E-state index in [1.165, 1.54) is 11.1 Å². The van der Waals surface area contributed by atoms with E-state index in [1.54, 1.807) is 11.0 Å². The maximum absolute atomic E-state index is 4.78. The van der Waals surface area contributed by atoms with Crippen LogP contribution in [-0.2, 0) is 19.6 Å². The van der Waals surface area contributed by atoms with E-state index in [0.717, 1.165) is 29.1 Å². The average molecular weight is 369 g/mol. The molecule has 0 unspecified atom stereocenters. The third kappa shape index (κ3) is 4.50. The smallest absolute Gasteiger partial charge is 0.117 e. The van der Waals surface area contributed by atoms with Crippen LogP contribution in [0, 0.1) is 6.92 Å². The first-order valence-electron chi connectivity index (χ1n) is 9.42. The summed E-state index contributed by atoms with van der Waals surface area (Å²) >= 11 is 0. The van der Waals surface area contributed by atoms with Gasteiger partial charge in [0.05, 0.1) is 6.54 Å². The van der Waals surface area contributed by atoms with Crippen molar-refractivity contribution in [2.45, 2.75) is 26.6 Å². The molecule has 4 aromatic rings. The van der Waals surface area contributed by atoms with Gasteiger partial charge in [0.1, 0.15) is 11.4 Å². The standard InChI is InChI=1S/C23H23N5/c1-18-9-11-19(12-10-18)17-28-26-22(16-25-15-20-6-5-13-24-14-20)23(27-28)21-7-3-2-4-8-21/h2-14,25H,15-17H2,1H3. The molecule has 5 nitrogen and oxygen atoms in total. The van der Waals surface area contributed by atoms with Gasteiger partial charge >= 0.3 is 0 Å². The van der Waals surface area contributed by atoms with E-state index < -0.39 is 0 Å². The molecule has 28 heavy (non-hydrogen) atoms. The molecule has 0 aliphatic rings. The van der Waals surface area contributed by atoms with Gasteiger partial charge in [-0.3, -0.25) is 4.98 Å². The van der Waals surface area contributed by atoms with Gasteiger partial charge in [-0.1, -0.05) is 66.2 Å². The van der Waals surface area contributed by atoms with E-state index in [4.69, 9.17) is 10.2 Å². The van der Waals surface area contributed by atoms with Crippen molar-refractivity contribution >= 4 is 0 Å². The van der Waals surface area contributed by atoms with Gasteiger partial charge in [0.15, 0.2) is 0 Å². The van der Waals surface area contributed by atoms with E-state index in [2.05, 4.69) is 59.7 Å². The monoisotopic (exact) mass is 369 g/mol. The Kier molecular flexibility index (Phi) is 5.54. The number of benzene rings is 2. The summed E-state index contributed by atoms with van der Waals surface area (Å²) in [6.07, 6.45) is 3.66. The summed E-state index contributed by atoms with van der Waals surface area (Å²) in [7, 11) is 0. The molecule has 0 aliphatic carbocycles. The SMILES string of the molecule is Cc1ccc(Cn2nc(CNCc3cccnc3)c(-c3ccccc3)n2)cc1. The fraction of sp³-hybridized carbons (Fsp3) is 0.174. The molecule has 0 spiro atoms. The Bertz CT molecular complexity index is 1010. The van der Waals surface area contributed by atoms with Crippen molar-refractivity contribution in [2.24, 2.45) is 0 Å². The lowest BCUT2D eigenvalue weighted by molar-refractivity contribution is 0.576. The molecular weight excluding hydrogens is 346 g/mol. The van der Waals surface area contributed by atoms with Crippen molar-refractivity contribution in [3.8, 4) is 11.3 Å². The van der Waals surface area contributed by atoms with Gasteiger partial charge < -0.3 is 5.32 Å². The molecular formula is C23H23N5. The minimum atomic E-state index is 0.646. The van der Waals surface area contributed by atoms with Crippen LogP contribution >= 0.6 is 0 Å². The third-order valence-electron chi connectivity index (χ3n) is 4.56. The summed E-state index contributed by atoms with van der Waals surface area (Å²) in [4.78, 5) is 5.95. The molecule has 0 aliphatic heterocycles. The normalized spacial score (nSPS) is 10.9. The number of rotatable bonds is 7. The zero-order valence-corrected chi connectivity index (χ0v) is 15.9. The van der Waals surface area contributed by atoms with Gasteiger partial charge in [0, 0.05) is 31.0 Å². The quantitative estimate of drug-likeness (QED) is 0.535. The molecule has 0 fully saturated rings. The number of hydrogen-bond donors (Lipinski definition) is 1. The molecule has 5 heteroatoms. The predicted molar refractivity (Wildman–Crippen MR) is 111 cm³/mol. The van der Waals surface area contributed by atoms with Crippen molar-refractivity contribution in [2.75, 3.05) is 0 Å². The topological polar surface area (TPSA) is 55.6 Å². The van der Waals surface area contributed by atoms with Gasteiger partial charge in [-0.05, 0) is 24.1 Å². The molecule has 0 saturated carbocycles. The highest BCUT2D eigenvalue weighted by atomic mass is 15.5. The second-order valence-electron chi connectivity index (χ2n) is 6.84. The zero-order chi connectivity index (χ0) is 19.2. The van der Waals surface area contributed by atoms with Crippen molar-refractivity contribution in [1.29, 1.82) is 0 Å². The van der Waals surface area contributed by atoms with Gasteiger partial charge in [-0.15, -0.1) is 0 Å². The van der Waals surface area contributed by atoms with Crippen molar-refractivity contribution in [1.82, 2.24) is 25.3 Å². The Morgan fingerprint density at radius 3 is 2.39 bits per heavy atom. The van der Waals surface area contributed by atoms with Crippen molar-refractivity contribution in [3.63, 3.8) is 0 Å². The molecule has 2 aromatic heterocycles. The van der Waals surface area contributed by atoms with Crippen LogP contribution in [0.3, 0.4) is 0 Å². The molecule has 140 valence electrons. The number of aryl methyl sites for hydroxylation is 1. The van der Waals surface area contributed by atoms with E-state index in [9.17, 15) is 0 Å². The zero-order valence-electron chi connectivity index (χ0n) is 15.9. The maximum atomic E-state index is 4.78. The van der Waals surface area contributed by atoms with Gasteiger partial charge in [0.25, 0.3) is 0 Å². The first kappa shape index (κ1) is 18.1. The Labute approximate surface area is 165 Å². The lowest BCUT2D eigenvalue weighted by atomic mass is 10.1. The average Bonchev–Trinajstić information content (AvgIpc) is 3.14. The number of nitrogens with one attached hydrogen (secondary N) is 1. The molecule has 0 saturated heterocycles. The minimum Gasteiger partial charge on any atom is -0.307 e. The molecule has 0 radical (unpaired) electrons. The lowest BCUT2D eigenvalue weighted by Gasteiger charge is -2.04. The lowest BCUT2D eigenvalue weighted by Crippen LogP contribution is -2.14. The Morgan fingerprint density at radius 2 is 1.64 bits per heavy atom. The molecule has 4 rings (SSSR count). The van der Waals surface area contributed by atoms with Crippen molar-refractivity contribution in [3.05, 3.63) is 102 Å². The molecule has 0 atom stereocenters. The number of nitrogens with zero attached hydrogens (tertiary/aromatic N) is 4. The summed E-state index contributed by atoms with van der Waals surface area (Å²) in [5.41, 5.74) is 6.54. The largest absolute Gasteiger partial charge is 0.307 e. The highest BCUT2D eigenvalue weighted by molar-refractivity contribution is 5.60. The number of aromatic nitrogens is 4. The van der Waals surface area contributed by atoms with Crippen LogP contribution in [0.2, 0.25) is 0 Å². The van der Waals surface area contributed by atoms with Crippen LogP contribution in [0.25, 0.3) is 11.3 Å². The number of hydrogen-bond acceptors (Lipinski definition) is 4. The summed E-state index contributed by atoms with van der Waals surface area (Å²) in [6.45, 7) is 4.14. The van der Waals surface area contributed by atoms with E-state index in [-0.39, 0.29) is 0 Å². The Hall–Kier alpha value is -3.31. The summed E-state index contributed by atoms with van der Waals surface area (Å²) in [5, 5.41) is 13.0. The fourth-order valence-electron chi connectivity index (χ4n) is 3.08. The van der Waals surface area contributed by atoms with Crippen LogP contribution in [0.1, 0.15) is 22.4 Å². The highest BCUT2D eigenvalue weighted by Gasteiger charge is 2.13. The Balaban J connectivity index is 1.54. The molecule has 0 bridgehead atoms. The van der Waals surface area contributed by atoms with E-state index in [0.29, 0.717) is 13.1 Å². The van der Waals surface area contributed by atoms with E-state index in [1.807, 2.05) is 30.5 Å². The van der Waals surface area contributed by atoms with Crippen LogP contribution in [-0.4, -0.2) is 20.0 Å². The third-order valence-corrected chi connectivity index (χ3v) is 4.56. The Morgan fingerprint density at radius 1 is 0.821 bits per heavy atom.